The van der Waals surface area contributed by atoms with Crippen molar-refractivity contribution >= 4 is 11.9 Å². The second-order valence-electron chi connectivity index (χ2n) is 5.27. The van der Waals surface area contributed by atoms with E-state index in [-0.39, 0.29) is 12.3 Å². The van der Waals surface area contributed by atoms with Gasteiger partial charge in [0.15, 0.2) is 0 Å². The second kappa shape index (κ2) is 8.12. The molecule has 1 N–H and O–H groups in total. The Morgan fingerprint density at radius 1 is 1.11 bits per heavy atom. The molecule has 6 heteroatoms. The zero-order chi connectivity index (χ0) is 14.3. The van der Waals surface area contributed by atoms with Crippen LogP contribution in [0.3, 0.4) is 0 Å². The fourth-order valence-electron chi connectivity index (χ4n) is 2.11. The molecule has 0 unspecified atom stereocenters. The lowest BCUT2D eigenvalue weighted by Gasteiger charge is -2.35. The SMILES string of the molecule is CN(C)CCN1CCN(C(=O)CCCC(=O)O)CC1. The van der Waals surface area contributed by atoms with E-state index in [4.69, 9.17) is 5.11 Å². The van der Waals surface area contributed by atoms with Crippen LogP contribution in [0, 0.1) is 0 Å². The van der Waals surface area contributed by atoms with Crippen LogP contribution >= 0.6 is 0 Å². The van der Waals surface area contributed by atoms with Crippen LogP contribution in [-0.4, -0.2) is 85.0 Å². The quantitative estimate of drug-likeness (QED) is 0.703. The van der Waals surface area contributed by atoms with Gasteiger partial charge in [-0.1, -0.05) is 0 Å². The van der Waals surface area contributed by atoms with E-state index in [9.17, 15) is 9.59 Å². The zero-order valence-corrected chi connectivity index (χ0v) is 12.0. The number of carbonyl (C=O) groups excluding carboxylic acids is 1. The maximum Gasteiger partial charge on any atom is 0.303 e. The average Bonchev–Trinajstić information content (AvgIpc) is 2.36. The fourth-order valence-corrected chi connectivity index (χ4v) is 2.11. The third kappa shape index (κ3) is 6.54. The molecule has 1 heterocycles. The van der Waals surface area contributed by atoms with Crippen molar-refractivity contribution in [2.75, 3.05) is 53.4 Å². The van der Waals surface area contributed by atoms with Crippen molar-refractivity contribution in [1.29, 1.82) is 0 Å². The molecule has 6 nitrogen and oxygen atoms in total. The maximum absolute atomic E-state index is 11.9. The van der Waals surface area contributed by atoms with E-state index < -0.39 is 5.97 Å². The van der Waals surface area contributed by atoms with E-state index in [1.165, 1.54) is 0 Å². The van der Waals surface area contributed by atoms with Gasteiger partial charge in [-0.05, 0) is 20.5 Å². The Morgan fingerprint density at radius 3 is 2.26 bits per heavy atom. The molecule has 110 valence electrons. The molecule has 0 spiro atoms. The van der Waals surface area contributed by atoms with E-state index >= 15 is 0 Å². The molecule has 1 amide bonds. The molecule has 19 heavy (non-hydrogen) atoms. The Morgan fingerprint density at radius 2 is 1.74 bits per heavy atom. The summed E-state index contributed by atoms with van der Waals surface area (Å²) >= 11 is 0. The highest BCUT2D eigenvalue weighted by Gasteiger charge is 2.20. The van der Waals surface area contributed by atoms with E-state index in [0.717, 1.165) is 39.3 Å². The van der Waals surface area contributed by atoms with Crippen LogP contribution in [0.5, 0.6) is 0 Å². The van der Waals surface area contributed by atoms with Crippen LogP contribution in [0.2, 0.25) is 0 Å². The van der Waals surface area contributed by atoms with Crippen LogP contribution in [0.25, 0.3) is 0 Å². The van der Waals surface area contributed by atoms with Crippen LogP contribution in [0.15, 0.2) is 0 Å². The van der Waals surface area contributed by atoms with E-state index in [1.807, 2.05) is 4.90 Å². The molecule has 0 saturated carbocycles. The Balaban J connectivity index is 2.18. The van der Waals surface area contributed by atoms with Gasteiger partial charge in [0.05, 0.1) is 0 Å². The molecule has 1 aliphatic heterocycles. The normalized spacial score (nSPS) is 16.9. The van der Waals surface area contributed by atoms with Crippen molar-refractivity contribution in [3.8, 4) is 0 Å². The smallest absolute Gasteiger partial charge is 0.303 e. The molecule has 0 aromatic heterocycles. The van der Waals surface area contributed by atoms with Crippen LogP contribution in [0.4, 0.5) is 0 Å². The highest BCUT2D eigenvalue weighted by molar-refractivity contribution is 5.77. The van der Waals surface area contributed by atoms with Crippen molar-refractivity contribution in [3.05, 3.63) is 0 Å². The van der Waals surface area contributed by atoms with Crippen molar-refractivity contribution < 1.29 is 14.7 Å². The van der Waals surface area contributed by atoms with Crippen molar-refractivity contribution in [3.63, 3.8) is 0 Å². The Hall–Kier alpha value is -1.14. The van der Waals surface area contributed by atoms with Gasteiger partial charge in [0.2, 0.25) is 5.91 Å². The third-order valence-electron chi connectivity index (χ3n) is 3.37. The second-order valence-corrected chi connectivity index (χ2v) is 5.27. The van der Waals surface area contributed by atoms with Crippen molar-refractivity contribution in [2.24, 2.45) is 0 Å². The topological polar surface area (TPSA) is 64.1 Å². The fraction of sp³-hybridized carbons (Fsp3) is 0.846. The lowest BCUT2D eigenvalue weighted by Crippen LogP contribution is -2.49. The molecule has 1 aliphatic rings. The number of likely N-dealkylation sites (N-methyl/N-ethyl adjacent to an activating group) is 1. The zero-order valence-electron chi connectivity index (χ0n) is 12.0. The van der Waals surface area contributed by atoms with Gasteiger partial charge in [0.25, 0.3) is 0 Å². The summed E-state index contributed by atoms with van der Waals surface area (Å²) in [5, 5.41) is 8.54. The summed E-state index contributed by atoms with van der Waals surface area (Å²) in [5.74, 6) is -0.741. The average molecular weight is 271 g/mol. The number of carbonyl (C=O) groups is 2. The minimum absolute atomic E-state index is 0.0779. The number of hydrogen-bond donors (Lipinski definition) is 1. The molecule has 0 aromatic carbocycles. The van der Waals surface area contributed by atoms with Crippen molar-refractivity contribution in [2.45, 2.75) is 19.3 Å². The predicted molar refractivity (Wildman–Crippen MR) is 73.1 cm³/mol. The molecule has 0 atom stereocenters. The van der Waals surface area contributed by atoms with E-state index in [0.29, 0.717) is 12.8 Å². The van der Waals surface area contributed by atoms with Gasteiger partial charge in [0, 0.05) is 52.1 Å². The Kier molecular flexibility index (Phi) is 6.80. The van der Waals surface area contributed by atoms with Crippen molar-refractivity contribution in [1.82, 2.24) is 14.7 Å². The molecular weight excluding hydrogens is 246 g/mol. The number of amides is 1. The number of aliphatic carboxylic acids is 1. The van der Waals surface area contributed by atoms with Gasteiger partial charge >= 0.3 is 5.97 Å². The molecular formula is C13H25N3O3. The summed E-state index contributed by atoms with van der Waals surface area (Å²) in [6.07, 6.45) is 0.869. The monoisotopic (exact) mass is 271 g/mol. The minimum atomic E-state index is -0.832. The van der Waals surface area contributed by atoms with Gasteiger partial charge in [-0.25, -0.2) is 0 Å². The highest BCUT2D eigenvalue weighted by atomic mass is 16.4. The Labute approximate surface area is 115 Å². The predicted octanol–water partition coefficient (Wildman–Crippen LogP) is -0.0529. The lowest BCUT2D eigenvalue weighted by molar-refractivity contribution is -0.137. The van der Waals surface area contributed by atoms with Crippen LogP contribution in [-0.2, 0) is 9.59 Å². The molecule has 0 aliphatic carbocycles. The summed E-state index contributed by atoms with van der Waals surface area (Å²) in [4.78, 5) is 28.6. The molecule has 0 aromatic rings. The number of piperazine rings is 1. The van der Waals surface area contributed by atoms with E-state index in [1.54, 1.807) is 0 Å². The number of carboxylic acid groups (broad SMARTS) is 1. The van der Waals surface area contributed by atoms with Gasteiger partial charge in [-0.2, -0.15) is 0 Å². The molecule has 1 rings (SSSR count). The first-order chi connectivity index (χ1) is 8.99. The van der Waals surface area contributed by atoms with Crippen LogP contribution in [0.1, 0.15) is 19.3 Å². The summed E-state index contributed by atoms with van der Waals surface area (Å²) in [6, 6.07) is 0. The highest BCUT2D eigenvalue weighted by Crippen LogP contribution is 2.06. The molecule has 1 fully saturated rings. The molecule has 0 bridgehead atoms. The number of hydrogen-bond acceptors (Lipinski definition) is 4. The number of rotatable bonds is 7. The van der Waals surface area contributed by atoms with Crippen LogP contribution < -0.4 is 0 Å². The lowest BCUT2D eigenvalue weighted by atomic mass is 10.2. The first-order valence-electron chi connectivity index (χ1n) is 6.85. The number of carboxylic acids is 1. The first-order valence-corrected chi connectivity index (χ1v) is 6.85. The summed E-state index contributed by atoms with van der Waals surface area (Å²) in [6.45, 7) is 5.43. The summed E-state index contributed by atoms with van der Waals surface area (Å²) < 4.78 is 0. The standard InChI is InChI=1S/C13H25N3O3/c1-14(2)6-7-15-8-10-16(11-9-15)12(17)4-3-5-13(18)19/h3-11H2,1-2H3,(H,18,19). The molecule has 1 saturated heterocycles. The summed E-state index contributed by atoms with van der Waals surface area (Å²) in [5.41, 5.74) is 0. The maximum atomic E-state index is 11.9. The van der Waals surface area contributed by atoms with Gasteiger partial charge in [-0.3, -0.25) is 14.5 Å². The number of nitrogens with zero attached hydrogens (tertiary/aromatic N) is 3. The minimum Gasteiger partial charge on any atom is -0.481 e. The largest absolute Gasteiger partial charge is 0.481 e. The molecule has 0 radical (unpaired) electrons. The van der Waals surface area contributed by atoms with Gasteiger partial charge in [-0.15, -0.1) is 0 Å². The third-order valence-corrected chi connectivity index (χ3v) is 3.37. The first kappa shape index (κ1) is 15.9. The van der Waals surface area contributed by atoms with Gasteiger partial charge < -0.3 is 14.9 Å². The Bertz CT molecular complexity index is 300. The summed E-state index contributed by atoms with van der Waals surface area (Å²) in [7, 11) is 4.12. The van der Waals surface area contributed by atoms with E-state index in [2.05, 4.69) is 23.9 Å². The van der Waals surface area contributed by atoms with Gasteiger partial charge in [0.1, 0.15) is 0 Å².